The molecule has 2 atom stereocenters. The summed E-state index contributed by atoms with van der Waals surface area (Å²) in [6.07, 6.45) is 6.85. The van der Waals surface area contributed by atoms with Crippen molar-refractivity contribution in [3.05, 3.63) is 35.9 Å². The lowest BCUT2D eigenvalue weighted by molar-refractivity contribution is -0.185. The summed E-state index contributed by atoms with van der Waals surface area (Å²) in [7, 11) is 0. The van der Waals surface area contributed by atoms with Crippen LogP contribution in [0.4, 0.5) is 4.79 Å². The molecule has 0 bridgehead atoms. The monoisotopic (exact) mass is 413 g/mol. The zero-order valence-electron chi connectivity index (χ0n) is 17.8. The molecule has 5 rings (SSSR count). The Morgan fingerprint density at radius 3 is 2.47 bits per heavy atom. The molecule has 6 heteroatoms. The van der Waals surface area contributed by atoms with E-state index in [1.165, 1.54) is 18.4 Å². The number of aliphatic hydroxyl groups excluding tert-OH is 1. The standard InChI is InChI=1S/C24H35N3O3/c28-15-21-22(19-6-2-1-3-7-19)24(27(21)14-18-10-12-30-13-11-18)16-26(17-24)23(29)25-20-8-4-5-9-20/h1-3,6-7,18,20-22,28H,4-5,8-17H2,(H,25,29)/t21-,22+/m1/s1. The molecule has 0 aromatic heterocycles. The van der Waals surface area contributed by atoms with Crippen molar-refractivity contribution in [2.75, 3.05) is 39.5 Å². The van der Waals surface area contributed by atoms with Crippen molar-refractivity contribution in [3.8, 4) is 0 Å². The Bertz CT molecular complexity index is 724. The molecule has 4 fully saturated rings. The number of ether oxygens (including phenoxy) is 1. The van der Waals surface area contributed by atoms with Crippen molar-refractivity contribution in [2.24, 2.45) is 5.92 Å². The highest BCUT2D eigenvalue weighted by molar-refractivity contribution is 5.76. The van der Waals surface area contributed by atoms with Gasteiger partial charge in [0.15, 0.2) is 0 Å². The number of urea groups is 1. The van der Waals surface area contributed by atoms with E-state index in [9.17, 15) is 9.90 Å². The Morgan fingerprint density at radius 1 is 1.10 bits per heavy atom. The summed E-state index contributed by atoms with van der Waals surface area (Å²) in [5.41, 5.74) is 1.25. The number of carbonyl (C=O) groups is 1. The average molecular weight is 414 g/mol. The summed E-state index contributed by atoms with van der Waals surface area (Å²) in [5.74, 6) is 0.891. The molecular weight excluding hydrogens is 378 g/mol. The average Bonchev–Trinajstić information content (AvgIpc) is 3.24. The fourth-order valence-electron chi connectivity index (χ4n) is 6.36. The van der Waals surface area contributed by atoms with Crippen LogP contribution < -0.4 is 5.32 Å². The molecule has 3 aliphatic heterocycles. The first-order valence-electron chi connectivity index (χ1n) is 11.8. The second-order valence-electron chi connectivity index (χ2n) is 9.74. The Kier molecular flexibility index (Phi) is 5.73. The lowest BCUT2D eigenvalue weighted by Gasteiger charge is -2.71. The van der Waals surface area contributed by atoms with Gasteiger partial charge in [-0.25, -0.2) is 4.79 Å². The van der Waals surface area contributed by atoms with Crippen LogP contribution in [0.5, 0.6) is 0 Å². The molecule has 1 aromatic rings. The Labute approximate surface area is 179 Å². The summed E-state index contributed by atoms with van der Waals surface area (Å²) < 4.78 is 5.55. The number of rotatable bonds is 5. The number of nitrogens with one attached hydrogen (secondary N) is 1. The van der Waals surface area contributed by atoms with Crippen molar-refractivity contribution in [2.45, 2.75) is 62.1 Å². The largest absolute Gasteiger partial charge is 0.395 e. The van der Waals surface area contributed by atoms with E-state index in [4.69, 9.17) is 4.74 Å². The number of hydrogen-bond donors (Lipinski definition) is 2. The van der Waals surface area contributed by atoms with E-state index in [-0.39, 0.29) is 30.1 Å². The normalized spacial score (nSPS) is 29.6. The van der Waals surface area contributed by atoms with Crippen molar-refractivity contribution < 1.29 is 14.6 Å². The summed E-state index contributed by atoms with van der Waals surface area (Å²) in [6.45, 7) is 4.35. The van der Waals surface area contributed by atoms with Gasteiger partial charge in [0.25, 0.3) is 0 Å². The zero-order chi connectivity index (χ0) is 20.6. The van der Waals surface area contributed by atoms with Gasteiger partial charge in [0.2, 0.25) is 0 Å². The maximum absolute atomic E-state index is 12.8. The highest BCUT2D eigenvalue weighted by Gasteiger charge is 2.66. The molecule has 164 valence electrons. The van der Waals surface area contributed by atoms with Crippen molar-refractivity contribution in [1.29, 1.82) is 0 Å². The molecule has 0 radical (unpaired) electrons. The lowest BCUT2D eigenvalue weighted by atomic mass is 9.60. The van der Waals surface area contributed by atoms with Crippen LogP contribution in [0.25, 0.3) is 0 Å². The number of benzene rings is 1. The van der Waals surface area contributed by atoms with Crippen molar-refractivity contribution >= 4 is 6.03 Å². The number of hydrogen-bond acceptors (Lipinski definition) is 4. The third-order valence-corrected chi connectivity index (χ3v) is 7.98. The molecule has 3 heterocycles. The van der Waals surface area contributed by atoms with Crippen LogP contribution in [0.1, 0.15) is 50.0 Å². The molecule has 1 saturated carbocycles. The van der Waals surface area contributed by atoms with E-state index < -0.39 is 0 Å². The molecule has 4 aliphatic rings. The minimum atomic E-state index is -0.0416. The molecule has 1 aromatic carbocycles. The van der Waals surface area contributed by atoms with Gasteiger partial charge in [0, 0.05) is 50.8 Å². The fourth-order valence-corrected chi connectivity index (χ4v) is 6.36. The molecule has 30 heavy (non-hydrogen) atoms. The first-order chi connectivity index (χ1) is 14.7. The predicted molar refractivity (Wildman–Crippen MR) is 115 cm³/mol. The quantitative estimate of drug-likeness (QED) is 0.779. The van der Waals surface area contributed by atoms with Crippen LogP contribution in [0.3, 0.4) is 0 Å². The van der Waals surface area contributed by atoms with Crippen LogP contribution in [-0.4, -0.2) is 78.0 Å². The van der Waals surface area contributed by atoms with E-state index >= 15 is 0 Å². The molecule has 0 unspecified atom stereocenters. The summed E-state index contributed by atoms with van der Waals surface area (Å²) >= 11 is 0. The van der Waals surface area contributed by atoms with Gasteiger partial charge in [0.05, 0.1) is 12.1 Å². The van der Waals surface area contributed by atoms with Crippen molar-refractivity contribution in [1.82, 2.24) is 15.1 Å². The topological polar surface area (TPSA) is 65.0 Å². The first-order valence-corrected chi connectivity index (χ1v) is 11.8. The number of amides is 2. The van der Waals surface area contributed by atoms with Crippen LogP contribution in [0, 0.1) is 5.92 Å². The van der Waals surface area contributed by atoms with Gasteiger partial charge >= 0.3 is 6.03 Å². The third kappa shape index (κ3) is 3.53. The number of likely N-dealkylation sites (tertiary alicyclic amines) is 2. The van der Waals surface area contributed by atoms with Gasteiger partial charge in [-0.15, -0.1) is 0 Å². The maximum Gasteiger partial charge on any atom is 0.317 e. The third-order valence-electron chi connectivity index (χ3n) is 7.98. The Hall–Kier alpha value is -1.63. The Balaban J connectivity index is 1.32. The number of carbonyl (C=O) groups excluding carboxylic acids is 1. The fraction of sp³-hybridized carbons (Fsp3) is 0.708. The molecule has 2 N–H and O–H groups in total. The van der Waals surface area contributed by atoms with E-state index in [2.05, 4.69) is 34.5 Å². The van der Waals surface area contributed by atoms with Crippen LogP contribution in [0.15, 0.2) is 30.3 Å². The summed E-state index contributed by atoms with van der Waals surface area (Å²) in [6, 6.07) is 11.2. The minimum Gasteiger partial charge on any atom is -0.395 e. The number of nitrogens with zero attached hydrogens (tertiary/aromatic N) is 2. The van der Waals surface area contributed by atoms with Crippen LogP contribution >= 0.6 is 0 Å². The zero-order valence-corrected chi connectivity index (χ0v) is 17.8. The second-order valence-corrected chi connectivity index (χ2v) is 9.74. The van der Waals surface area contributed by atoms with E-state index in [0.717, 1.165) is 58.5 Å². The van der Waals surface area contributed by atoms with Crippen molar-refractivity contribution in [3.63, 3.8) is 0 Å². The first kappa shape index (κ1) is 20.3. The van der Waals surface area contributed by atoms with Gasteiger partial charge in [-0.1, -0.05) is 43.2 Å². The SMILES string of the molecule is O=C(NC1CCCC1)N1CC2(C1)[C@@H](c1ccccc1)[C@@H](CO)N2CC1CCOCC1. The van der Waals surface area contributed by atoms with Gasteiger partial charge in [-0.3, -0.25) is 4.90 Å². The maximum atomic E-state index is 12.8. The van der Waals surface area contributed by atoms with Crippen LogP contribution in [-0.2, 0) is 4.74 Å². The van der Waals surface area contributed by atoms with E-state index in [0.29, 0.717) is 12.0 Å². The van der Waals surface area contributed by atoms with Gasteiger partial charge in [-0.2, -0.15) is 0 Å². The number of aliphatic hydroxyl groups is 1. The van der Waals surface area contributed by atoms with E-state index in [1.807, 2.05) is 11.0 Å². The second kappa shape index (κ2) is 8.48. The molecule has 6 nitrogen and oxygen atoms in total. The highest BCUT2D eigenvalue weighted by atomic mass is 16.5. The lowest BCUT2D eigenvalue weighted by Crippen LogP contribution is -2.85. The summed E-state index contributed by atoms with van der Waals surface area (Å²) in [4.78, 5) is 17.3. The molecule has 2 amide bonds. The Morgan fingerprint density at radius 2 is 1.80 bits per heavy atom. The van der Waals surface area contributed by atoms with Gasteiger partial charge in [0.1, 0.15) is 0 Å². The molecular formula is C24H35N3O3. The molecule has 3 saturated heterocycles. The van der Waals surface area contributed by atoms with Crippen LogP contribution in [0.2, 0.25) is 0 Å². The summed E-state index contributed by atoms with van der Waals surface area (Å²) in [5, 5.41) is 13.5. The van der Waals surface area contributed by atoms with E-state index in [1.54, 1.807) is 0 Å². The van der Waals surface area contributed by atoms with Gasteiger partial charge in [-0.05, 0) is 37.2 Å². The highest BCUT2D eigenvalue weighted by Crippen LogP contribution is 2.54. The predicted octanol–water partition coefficient (Wildman–Crippen LogP) is 2.58. The molecule has 1 spiro atoms. The minimum absolute atomic E-state index is 0.0416. The van der Waals surface area contributed by atoms with Gasteiger partial charge < -0.3 is 20.1 Å². The molecule has 1 aliphatic carbocycles. The smallest absolute Gasteiger partial charge is 0.317 e.